The van der Waals surface area contributed by atoms with Gasteiger partial charge < -0.3 is 4.74 Å². The van der Waals surface area contributed by atoms with Gasteiger partial charge in [-0.25, -0.2) is 0 Å². The molecule has 2 nitrogen and oxygen atoms in total. The van der Waals surface area contributed by atoms with E-state index in [0.717, 1.165) is 5.57 Å². The van der Waals surface area contributed by atoms with Crippen molar-refractivity contribution < 1.29 is 9.53 Å². The second kappa shape index (κ2) is 2.38. The Morgan fingerprint density at radius 3 is 2.91 bits per heavy atom. The van der Waals surface area contributed by atoms with Crippen LogP contribution in [-0.4, -0.2) is 12.4 Å². The minimum Gasteiger partial charge on any atom is -0.485 e. The highest BCUT2D eigenvalue weighted by molar-refractivity contribution is 5.97. The topological polar surface area (TPSA) is 26.3 Å². The molecule has 1 aliphatic carbocycles. The van der Waals surface area contributed by atoms with Crippen LogP contribution in [0.5, 0.6) is 0 Å². The van der Waals surface area contributed by atoms with E-state index in [1.807, 2.05) is 24.3 Å². The van der Waals surface area contributed by atoms with Crippen LogP contribution in [0.3, 0.4) is 0 Å². The van der Waals surface area contributed by atoms with Crippen LogP contribution in [0.1, 0.15) is 6.42 Å². The molecule has 0 aromatic carbocycles. The summed E-state index contributed by atoms with van der Waals surface area (Å²) in [5, 5.41) is 0. The molecule has 1 heterocycles. The lowest BCUT2D eigenvalue weighted by Gasteiger charge is -2.15. The van der Waals surface area contributed by atoms with Crippen molar-refractivity contribution in [2.45, 2.75) is 6.42 Å². The lowest BCUT2D eigenvalue weighted by molar-refractivity contribution is -0.118. The number of carbonyl (C=O) groups excluding carboxylic acids is 1. The van der Waals surface area contributed by atoms with Crippen LogP contribution in [0.25, 0.3) is 0 Å². The van der Waals surface area contributed by atoms with Gasteiger partial charge in [0.2, 0.25) is 5.78 Å². The number of Topliss-reactive ketones (excluding diaryl/α,β-unsaturated/α-hetero) is 1. The molecule has 11 heavy (non-hydrogen) atoms. The first-order chi connectivity index (χ1) is 5.38. The number of ether oxygens (including phenoxy) is 1. The molecule has 0 aromatic rings. The number of allylic oxidation sites excluding steroid dienone is 5. The molecule has 56 valence electrons. The summed E-state index contributed by atoms with van der Waals surface area (Å²) >= 11 is 0. The van der Waals surface area contributed by atoms with Gasteiger partial charge in [-0.3, -0.25) is 4.79 Å². The summed E-state index contributed by atoms with van der Waals surface area (Å²) in [5.41, 5.74) is 0.910. The molecular formula is C9H8O2. The maximum atomic E-state index is 11.2. The Kier molecular flexibility index (Phi) is 1.39. The minimum absolute atomic E-state index is 0.0897. The van der Waals surface area contributed by atoms with Crippen LogP contribution in [-0.2, 0) is 9.53 Å². The monoisotopic (exact) mass is 148 g/mol. The van der Waals surface area contributed by atoms with Gasteiger partial charge in [-0.15, -0.1) is 0 Å². The van der Waals surface area contributed by atoms with Crippen LogP contribution < -0.4 is 0 Å². The van der Waals surface area contributed by atoms with E-state index < -0.39 is 0 Å². The van der Waals surface area contributed by atoms with Crippen molar-refractivity contribution in [1.82, 2.24) is 0 Å². The lowest BCUT2D eigenvalue weighted by Crippen LogP contribution is -2.13. The van der Waals surface area contributed by atoms with E-state index >= 15 is 0 Å². The fourth-order valence-corrected chi connectivity index (χ4v) is 1.22. The Morgan fingerprint density at radius 1 is 1.27 bits per heavy atom. The van der Waals surface area contributed by atoms with E-state index in [4.69, 9.17) is 4.74 Å². The molecule has 0 radical (unpaired) electrons. The van der Waals surface area contributed by atoms with Gasteiger partial charge in [0.15, 0.2) is 5.76 Å². The minimum atomic E-state index is 0.0897. The van der Waals surface area contributed by atoms with Gasteiger partial charge in [0.1, 0.15) is 6.61 Å². The third-order valence-corrected chi connectivity index (χ3v) is 1.74. The van der Waals surface area contributed by atoms with Gasteiger partial charge in [-0.1, -0.05) is 18.2 Å². The number of hydrogen-bond acceptors (Lipinski definition) is 2. The van der Waals surface area contributed by atoms with E-state index in [9.17, 15) is 4.79 Å². The lowest BCUT2D eigenvalue weighted by atomic mass is 10.0. The fourth-order valence-electron chi connectivity index (χ4n) is 1.22. The highest BCUT2D eigenvalue weighted by Gasteiger charge is 2.18. The molecule has 2 aliphatic rings. The summed E-state index contributed by atoms with van der Waals surface area (Å²) in [6.45, 7) is 0.526. The number of ketones is 1. The van der Waals surface area contributed by atoms with Crippen molar-refractivity contribution >= 4 is 5.78 Å². The van der Waals surface area contributed by atoms with Crippen molar-refractivity contribution in [2.24, 2.45) is 0 Å². The van der Waals surface area contributed by atoms with E-state index in [-0.39, 0.29) is 5.78 Å². The van der Waals surface area contributed by atoms with Crippen LogP contribution in [0.15, 0.2) is 35.6 Å². The van der Waals surface area contributed by atoms with E-state index in [2.05, 4.69) is 0 Å². The summed E-state index contributed by atoms with van der Waals surface area (Å²) in [6, 6.07) is 0. The number of carbonyl (C=O) groups is 1. The largest absolute Gasteiger partial charge is 0.485 e. The highest BCUT2D eigenvalue weighted by atomic mass is 16.5. The number of hydrogen-bond donors (Lipinski definition) is 0. The van der Waals surface area contributed by atoms with Crippen molar-refractivity contribution in [3.05, 3.63) is 35.6 Å². The Labute approximate surface area is 64.9 Å². The second-order valence-electron chi connectivity index (χ2n) is 2.53. The molecule has 0 N–H and O–H groups in total. The van der Waals surface area contributed by atoms with Crippen molar-refractivity contribution in [2.75, 3.05) is 6.61 Å². The molecule has 2 rings (SSSR count). The zero-order valence-electron chi connectivity index (χ0n) is 6.04. The van der Waals surface area contributed by atoms with E-state index in [0.29, 0.717) is 18.8 Å². The van der Waals surface area contributed by atoms with Gasteiger partial charge in [0, 0.05) is 12.0 Å². The third kappa shape index (κ3) is 1.00. The van der Waals surface area contributed by atoms with E-state index in [1.165, 1.54) is 0 Å². The molecule has 1 aliphatic heterocycles. The second-order valence-corrected chi connectivity index (χ2v) is 2.53. The maximum Gasteiger partial charge on any atom is 0.201 e. The first-order valence-electron chi connectivity index (χ1n) is 3.61. The molecule has 0 saturated heterocycles. The Morgan fingerprint density at radius 2 is 2.09 bits per heavy atom. The molecule has 0 atom stereocenters. The highest BCUT2D eigenvalue weighted by Crippen LogP contribution is 2.20. The average molecular weight is 148 g/mol. The third-order valence-electron chi connectivity index (χ3n) is 1.74. The van der Waals surface area contributed by atoms with Crippen LogP contribution >= 0.6 is 0 Å². The average Bonchev–Trinajstić information content (AvgIpc) is 2.06. The fraction of sp³-hybridized carbons (Fsp3) is 0.222. The van der Waals surface area contributed by atoms with Crippen LogP contribution in [0, 0.1) is 0 Å². The molecule has 0 unspecified atom stereocenters. The zero-order valence-corrected chi connectivity index (χ0v) is 6.04. The molecule has 0 aromatic heterocycles. The van der Waals surface area contributed by atoms with Crippen LogP contribution in [0.2, 0.25) is 0 Å². The van der Waals surface area contributed by atoms with Crippen molar-refractivity contribution in [3.8, 4) is 0 Å². The summed E-state index contributed by atoms with van der Waals surface area (Å²) in [6.07, 6.45) is 8.09. The molecule has 2 heteroatoms. The molecule has 0 saturated carbocycles. The normalized spacial score (nSPS) is 21.6. The Hall–Kier alpha value is -1.31. The van der Waals surface area contributed by atoms with Crippen molar-refractivity contribution in [3.63, 3.8) is 0 Å². The SMILES string of the molecule is O=C1CC=CC2=C1OCC=C2. The van der Waals surface area contributed by atoms with Gasteiger partial charge in [-0.05, 0) is 6.08 Å². The first kappa shape index (κ1) is 6.40. The summed E-state index contributed by atoms with van der Waals surface area (Å²) in [4.78, 5) is 11.2. The predicted molar refractivity (Wildman–Crippen MR) is 40.9 cm³/mol. The van der Waals surface area contributed by atoms with Crippen molar-refractivity contribution in [1.29, 1.82) is 0 Å². The molecule has 0 spiro atoms. The Balaban J connectivity index is 2.43. The standard InChI is InChI=1S/C9H8O2/c10-8-5-1-3-7-4-2-6-11-9(7)8/h1-4H,5-6H2. The molecule has 0 amide bonds. The smallest absolute Gasteiger partial charge is 0.201 e. The molecular weight excluding hydrogens is 140 g/mol. The summed E-state index contributed by atoms with van der Waals surface area (Å²) < 4.78 is 5.19. The first-order valence-corrected chi connectivity index (χ1v) is 3.61. The molecule has 0 bridgehead atoms. The van der Waals surface area contributed by atoms with Crippen LogP contribution in [0.4, 0.5) is 0 Å². The maximum absolute atomic E-state index is 11.2. The molecule has 0 fully saturated rings. The zero-order chi connectivity index (χ0) is 7.68. The van der Waals surface area contributed by atoms with Gasteiger partial charge in [-0.2, -0.15) is 0 Å². The van der Waals surface area contributed by atoms with Gasteiger partial charge >= 0.3 is 0 Å². The quantitative estimate of drug-likeness (QED) is 0.518. The number of rotatable bonds is 0. The van der Waals surface area contributed by atoms with Gasteiger partial charge in [0.25, 0.3) is 0 Å². The van der Waals surface area contributed by atoms with Gasteiger partial charge in [0.05, 0.1) is 0 Å². The predicted octanol–water partition coefficient (Wildman–Crippen LogP) is 1.36. The van der Waals surface area contributed by atoms with E-state index in [1.54, 1.807) is 0 Å². The Bertz CT molecular complexity index is 278. The summed E-state index contributed by atoms with van der Waals surface area (Å²) in [7, 11) is 0. The summed E-state index contributed by atoms with van der Waals surface area (Å²) in [5.74, 6) is 0.627.